The molecule has 8 heteroatoms. The van der Waals surface area contributed by atoms with Crippen LogP contribution in [0.2, 0.25) is 5.02 Å². The molecule has 3 aliphatic carbocycles. The van der Waals surface area contributed by atoms with Crippen molar-refractivity contribution in [3.63, 3.8) is 0 Å². The number of rotatable bonds is 5. The van der Waals surface area contributed by atoms with E-state index in [-0.39, 0.29) is 17.7 Å². The van der Waals surface area contributed by atoms with Crippen molar-refractivity contribution >= 4 is 41.2 Å². The number of para-hydroxylation sites is 1. The van der Waals surface area contributed by atoms with Gasteiger partial charge in [0, 0.05) is 12.1 Å². The molecular weight excluding hydrogens is 538 g/mol. The summed E-state index contributed by atoms with van der Waals surface area (Å²) in [5, 5.41) is 15.2. The molecule has 7 nitrogen and oxygen atoms in total. The van der Waals surface area contributed by atoms with Gasteiger partial charge >= 0.3 is 0 Å². The molecule has 0 aromatic heterocycles. The molecule has 1 fully saturated rings. The van der Waals surface area contributed by atoms with Gasteiger partial charge < -0.3 is 5.11 Å². The number of hydrogen-bond donors (Lipinski definition) is 2. The van der Waals surface area contributed by atoms with Crippen LogP contribution in [0.4, 0.5) is 5.69 Å². The topological polar surface area (TPSA) is 99.1 Å². The third kappa shape index (κ3) is 3.56. The second-order valence-corrected chi connectivity index (χ2v) is 10.9. The summed E-state index contributed by atoms with van der Waals surface area (Å²) < 4.78 is 0. The summed E-state index contributed by atoms with van der Waals surface area (Å²) in [6, 6.07) is 30.9. The van der Waals surface area contributed by atoms with Crippen molar-refractivity contribution in [2.45, 2.75) is 17.4 Å². The van der Waals surface area contributed by atoms with Crippen molar-refractivity contribution in [1.82, 2.24) is 5.43 Å². The van der Waals surface area contributed by atoms with E-state index >= 15 is 0 Å². The summed E-state index contributed by atoms with van der Waals surface area (Å²) in [6.45, 7) is 0. The molecule has 0 unspecified atom stereocenters. The van der Waals surface area contributed by atoms with Gasteiger partial charge in [0.2, 0.25) is 11.8 Å². The fourth-order valence-corrected chi connectivity index (χ4v) is 7.19. The Morgan fingerprint density at radius 2 is 1.44 bits per heavy atom. The normalized spacial score (nSPS) is 24.6. The molecule has 0 spiro atoms. The molecule has 1 saturated heterocycles. The molecule has 0 saturated carbocycles. The van der Waals surface area contributed by atoms with E-state index in [9.17, 15) is 19.5 Å². The summed E-state index contributed by atoms with van der Waals surface area (Å²) in [5.41, 5.74) is 5.69. The number of amides is 3. The van der Waals surface area contributed by atoms with Gasteiger partial charge in [-0.1, -0.05) is 103 Å². The molecular formula is C33H24ClN3O4. The molecule has 1 heterocycles. The lowest BCUT2D eigenvalue weighted by atomic mass is 9.47. The minimum Gasteiger partial charge on any atom is -0.378 e. The fourth-order valence-electron chi connectivity index (χ4n) is 6.97. The summed E-state index contributed by atoms with van der Waals surface area (Å²) in [7, 11) is 0. The average Bonchev–Trinajstić information content (AvgIpc) is 3.28. The van der Waals surface area contributed by atoms with Crippen LogP contribution in [0, 0.1) is 11.8 Å². The maximum Gasteiger partial charge on any atom is 0.273 e. The number of carbonyl (C=O) groups excluding carboxylic acids is 3. The number of nitrogens with zero attached hydrogens (tertiary/aromatic N) is 2. The fraction of sp³-hybridized carbons (Fsp3) is 0.152. The zero-order chi connectivity index (χ0) is 28.3. The van der Waals surface area contributed by atoms with Crippen LogP contribution in [0.3, 0.4) is 0 Å². The van der Waals surface area contributed by atoms with Gasteiger partial charge in [-0.05, 0) is 39.9 Å². The van der Waals surface area contributed by atoms with Crippen LogP contribution in [0.5, 0.6) is 0 Å². The van der Waals surface area contributed by atoms with Gasteiger partial charge in [-0.3, -0.25) is 14.4 Å². The minimum atomic E-state index is -1.43. The zero-order valence-corrected chi connectivity index (χ0v) is 22.4. The lowest BCUT2D eigenvalue weighted by molar-refractivity contribution is -0.129. The number of carbonyl (C=O) groups is 3. The number of aliphatic hydroxyl groups is 1. The van der Waals surface area contributed by atoms with E-state index < -0.39 is 29.3 Å². The van der Waals surface area contributed by atoms with Gasteiger partial charge in [-0.25, -0.2) is 10.3 Å². The van der Waals surface area contributed by atoms with E-state index in [0.717, 1.165) is 22.3 Å². The lowest BCUT2D eigenvalue weighted by Gasteiger charge is -2.52. The minimum absolute atomic E-state index is 0.306. The monoisotopic (exact) mass is 561 g/mol. The molecule has 2 bridgehead atoms. The predicted molar refractivity (Wildman–Crippen MR) is 154 cm³/mol. The van der Waals surface area contributed by atoms with E-state index in [1.165, 1.54) is 4.90 Å². The van der Waals surface area contributed by atoms with Gasteiger partial charge in [0.1, 0.15) is 0 Å². The average molecular weight is 562 g/mol. The van der Waals surface area contributed by atoms with Crippen LogP contribution in [0.1, 0.15) is 39.8 Å². The molecule has 4 aromatic carbocycles. The second-order valence-electron chi connectivity index (χ2n) is 10.5. The van der Waals surface area contributed by atoms with Crippen LogP contribution in [-0.4, -0.2) is 29.0 Å². The van der Waals surface area contributed by atoms with Gasteiger partial charge in [0.05, 0.1) is 28.0 Å². The SMILES string of the molecule is O=C(N/N=C\C12c3ccccc3C(c3ccccc31)[C@@H]1C(=O)N(c3ccccc3Cl)C(=O)[C@@H]12)[C@H](O)c1ccccc1. The Kier molecular flexibility index (Phi) is 5.89. The molecule has 8 rings (SSSR count). The van der Waals surface area contributed by atoms with Crippen molar-refractivity contribution < 1.29 is 19.5 Å². The van der Waals surface area contributed by atoms with Gasteiger partial charge in [0.15, 0.2) is 6.10 Å². The summed E-state index contributed by atoms with van der Waals surface area (Å²) in [4.78, 5) is 42.6. The van der Waals surface area contributed by atoms with Crippen LogP contribution in [-0.2, 0) is 19.8 Å². The molecule has 0 radical (unpaired) electrons. The van der Waals surface area contributed by atoms with E-state index in [1.54, 1.807) is 60.8 Å². The first kappa shape index (κ1) is 25.4. The van der Waals surface area contributed by atoms with E-state index in [4.69, 9.17) is 11.6 Å². The summed E-state index contributed by atoms with van der Waals surface area (Å²) >= 11 is 6.49. The first-order chi connectivity index (χ1) is 19.9. The van der Waals surface area contributed by atoms with E-state index in [0.29, 0.717) is 16.3 Å². The van der Waals surface area contributed by atoms with E-state index in [2.05, 4.69) is 10.5 Å². The van der Waals surface area contributed by atoms with Crippen molar-refractivity contribution in [2.75, 3.05) is 4.90 Å². The number of imide groups is 1. The zero-order valence-electron chi connectivity index (χ0n) is 21.6. The molecule has 3 amide bonds. The van der Waals surface area contributed by atoms with Gasteiger partial charge in [0.25, 0.3) is 5.91 Å². The lowest BCUT2D eigenvalue weighted by Crippen LogP contribution is -2.54. The highest BCUT2D eigenvalue weighted by molar-refractivity contribution is 6.36. The standard InChI is InChI=1S/C33H24ClN3O4/c34-24-16-8-9-17-25(24)37-31(40)27-26-20-12-4-6-14-22(20)33(28(27)32(37)41,23-15-7-5-13-21(23)26)18-35-36-30(39)29(38)19-10-2-1-3-11-19/h1-18,26-29,38H,(H,36,39)/b35-18-/t26?,27-,28+,29+,33?/m0/s1. The van der Waals surface area contributed by atoms with Crippen LogP contribution in [0.25, 0.3) is 0 Å². The molecule has 1 aliphatic heterocycles. The van der Waals surface area contributed by atoms with Crippen LogP contribution < -0.4 is 10.3 Å². The van der Waals surface area contributed by atoms with Crippen molar-refractivity contribution in [2.24, 2.45) is 16.9 Å². The number of anilines is 1. The maximum absolute atomic E-state index is 14.4. The summed E-state index contributed by atoms with van der Waals surface area (Å²) in [5.74, 6) is -3.24. The predicted octanol–water partition coefficient (Wildman–Crippen LogP) is 4.73. The quantitative estimate of drug-likeness (QED) is 0.209. The Balaban J connectivity index is 1.38. The Morgan fingerprint density at radius 1 is 0.854 bits per heavy atom. The van der Waals surface area contributed by atoms with E-state index in [1.807, 2.05) is 48.5 Å². The Bertz CT molecular complexity index is 1710. The number of benzene rings is 4. The molecule has 202 valence electrons. The Labute approximate surface area is 241 Å². The van der Waals surface area contributed by atoms with Crippen molar-refractivity contribution in [1.29, 1.82) is 0 Å². The second kappa shape index (κ2) is 9.51. The summed E-state index contributed by atoms with van der Waals surface area (Å²) in [6.07, 6.45) is 0.139. The smallest absolute Gasteiger partial charge is 0.273 e. The highest BCUT2D eigenvalue weighted by Gasteiger charge is 2.68. The first-order valence-corrected chi connectivity index (χ1v) is 13.7. The van der Waals surface area contributed by atoms with Gasteiger partial charge in [-0.15, -0.1) is 0 Å². The van der Waals surface area contributed by atoms with Crippen LogP contribution >= 0.6 is 11.6 Å². The van der Waals surface area contributed by atoms with Crippen LogP contribution in [0.15, 0.2) is 108 Å². The van der Waals surface area contributed by atoms with Gasteiger partial charge in [-0.2, -0.15) is 5.10 Å². The Hall–Kier alpha value is -4.59. The molecule has 2 N–H and O–H groups in total. The number of aliphatic hydroxyl groups excluding tert-OH is 1. The molecule has 3 atom stereocenters. The van der Waals surface area contributed by atoms with Crippen molar-refractivity contribution in [3.8, 4) is 0 Å². The first-order valence-electron chi connectivity index (χ1n) is 13.3. The third-order valence-corrected chi connectivity index (χ3v) is 8.90. The number of halogens is 1. The molecule has 4 aromatic rings. The third-order valence-electron chi connectivity index (χ3n) is 8.58. The number of hydrazone groups is 1. The number of hydrogen-bond acceptors (Lipinski definition) is 5. The highest BCUT2D eigenvalue weighted by Crippen LogP contribution is 2.63. The molecule has 4 aliphatic rings. The number of nitrogens with one attached hydrogen (secondary N) is 1. The molecule has 41 heavy (non-hydrogen) atoms. The highest BCUT2D eigenvalue weighted by atomic mass is 35.5. The largest absolute Gasteiger partial charge is 0.378 e. The van der Waals surface area contributed by atoms with Crippen molar-refractivity contribution in [3.05, 3.63) is 136 Å². The maximum atomic E-state index is 14.4. The Morgan fingerprint density at radius 3 is 2.10 bits per heavy atom.